The molecule has 0 amide bonds. The highest BCUT2D eigenvalue weighted by Crippen LogP contribution is 2.29. The first kappa shape index (κ1) is 11.6. The molecule has 1 aromatic carbocycles. The molecule has 1 heterocycles. The van der Waals surface area contributed by atoms with Gasteiger partial charge in [0, 0.05) is 16.6 Å². The van der Waals surface area contributed by atoms with Crippen molar-refractivity contribution in [1.29, 1.82) is 5.26 Å². The van der Waals surface area contributed by atoms with Crippen molar-refractivity contribution in [1.82, 2.24) is 4.98 Å². The van der Waals surface area contributed by atoms with Crippen LogP contribution in [0.25, 0.3) is 10.6 Å². The molecule has 2 aromatic rings. The van der Waals surface area contributed by atoms with Gasteiger partial charge in [0.2, 0.25) is 0 Å². The molecular formula is C13H12N2OS. The van der Waals surface area contributed by atoms with Crippen LogP contribution in [-0.2, 0) is 6.42 Å². The average molecular weight is 244 g/mol. The van der Waals surface area contributed by atoms with Gasteiger partial charge in [-0.3, -0.25) is 0 Å². The van der Waals surface area contributed by atoms with Crippen molar-refractivity contribution in [2.24, 2.45) is 0 Å². The van der Waals surface area contributed by atoms with E-state index < -0.39 is 0 Å². The summed E-state index contributed by atoms with van der Waals surface area (Å²) < 4.78 is 5.22. The summed E-state index contributed by atoms with van der Waals surface area (Å²) in [4.78, 5) is 5.32. The monoisotopic (exact) mass is 244 g/mol. The van der Waals surface area contributed by atoms with Gasteiger partial charge in [-0.1, -0.05) is 0 Å². The molecule has 0 N–H and O–H groups in total. The highest BCUT2D eigenvalue weighted by atomic mass is 32.1. The fourth-order valence-electron chi connectivity index (χ4n) is 1.61. The molecule has 2 rings (SSSR count). The van der Waals surface area contributed by atoms with Crippen molar-refractivity contribution in [2.45, 2.75) is 13.3 Å². The Balaban J connectivity index is 2.33. The largest absolute Gasteiger partial charge is 0.496 e. The number of aryl methyl sites for hydroxylation is 1. The van der Waals surface area contributed by atoms with Gasteiger partial charge in [-0.2, -0.15) is 5.26 Å². The Kier molecular flexibility index (Phi) is 3.40. The number of thiazole rings is 1. The number of methoxy groups -OCH3 is 1. The molecule has 0 bridgehead atoms. The second-order valence-electron chi connectivity index (χ2n) is 3.65. The quantitative estimate of drug-likeness (QED) is 0.833. The molecule has 0 aliphatic carbocycles. The predicted molar refractivity (Wildman–Crippen MR) is 68.2 cm³/mol. The molecule has 1 aromatic heterocycles. The van der Waals surface area contributed by atoms with E-state index in [1.165, 1.54) is 0 Å². The SMILES string of the molecule is COc1ccc(-c2ncc(CC#N)s2)cc1C. The van der Waals surface area contributed by atoms with Crippen LogP contribution in [0.3, 0.4) is 0 Å². The summed E-state index contributed by atoms with van der Waals surface area (Å²) in [6.07, 6.45) is 2.19. The Bertz CT molecular complexity index is 569. The van der Waals surface area contributed by atoms with E-state index in [1.54, 1.807) is 24.6 Å². The zero-order valence-electron chi connectivity index (χ0n) is 9.73. The fourth-order valence-corrected chi connectivity index (χ4v) is 2.45. The van der Waals surface area contributed by atoms with Gasteiger partial charge in [0.05, 0.1) is 19.6 Å². The lowest BCUT2D eigenvalue weighted by atomic mass is 10.1. The van der Waals surface area contributed by atoms with Crippen LogP contribution in [0.1, 0.15) is 10.4 Å². The lowest BCUT2D eigenvalue weighted by Crippen LogP contribution is -1.87. The van der Waals surface area contributed by atoms with E-state index >= 15 is 0 Å². The van der Waals surface area contributed by atoms with Crippen LogP contribution in [0.15, 0.2) is 24.4 Å². The summed E-state index contributed by atoms with van der Waals surface area (Å²) in [5, 5.41) is 9.57. The zero-order valence-corrected chi connectivity index (χ0v) is 10.5. The maximum absolute atomic E-state index is 8.62. The van der Waals surface area contributed by atoms with E-state index in [-0.39, 0.29) is 0 Å². The third-order valence-corrected chi connectivity index (χ3v) is 3.50. The van der Waals surface area contributed by atoms with Gasteiger partial charge in [0.15, 0.2) is 0 Å². The highest BCUT2D eigenvalue weighted by molar-refractivity contribution is 7.15. The van der Waals surface area contributed by atoms with E-state index in [0.29, 0.717) is 6.42 Å². The molecule has 0 aliphatic rings. The fraction of sp³-hybridized carbons (Fsp3) is 0.231. The van der Waals surface area contributed by atoms with Crippen molar-refractivity contribution in [3.05, 3.63) is 34.8 Å². The summed E-state index contributed by atoms with van der Waals surface area (Å²) in [5.41, 5.74) is 2.15. The molecule has 0 fully saturated rings. The van der Waals surface area contributed by atoms with Crippen molar-refractivity contribution >= 4 is 11.3 Å². The minimum Gasteiger partial charge on any atom is -0.496 e. The number of hydrogen-bond donors (Lipinski definition) is 0. The van der Waals surface area contributed by atoms with E-state index in [4.69, 9.17) is 10.00 Å². The predicted octanol–water partition coefficient (Wildman–Crippen LogP) is 3.19. The smallest absolute Gasteiger partial charge is 0.123 e. The van der Waals surface area contributed by atoms with E-state index in [0.717, 1.165) is 26.8 Å². The average Bonchev–Trinajstić information content (AvgIpc) is 2.78. The molecule has 3 nitrogen and oxygen atoms in total. The number of benzene rings is 1. The second-order valence-corrected chi connectivity index (χ2v) is 4.77. The summed E-state index contributed by atoms with van der Waals surface area (Å²) in [7, 11) is 1.66. The molecule has 0 saturated carbocycles. The zero-order chi connectivity index (χ0) is 12.3. The maximum Gasteiger partial charge on any atom is 0.123 e. The number of nitrogens with zero attached hydrogens (tertiary/aromatic N) is 2. The minimum absolute atomic E-state index is 0.423. The van der Waals surface area contributed by atoms with Crippen LogP contribution in [-0.4, -0.2) is 12.1 Å². The number of rotatable bonds is 3. The van der Waals surface area contributed by atoms with Gasteiger partial charge in [-0.05, 0) is 30.7 Å². The third kappa shape index (κ3) is 2.45. The van der Waals surface area contributed by atoms with Gasteiger partial charge >= 0.3 is 0 Å². The van der Waals surface area contributed by atoms with Crippen molar-refractivity contribution in [2.75, 3.05) is 7.11 Å². The van der Waals surface area contributed by atoms with Crippen LogP contribution in [0.4, 0.5) is 0 Å². The highest BCUT2D eigenvalue weighted by Gasteiger charge is 2.06. The normalized spacial score (nSPS) is 9.94. The molecule has 4 heteroatoms. The van der Waals surface area contributed by atoms with Gasteiger partial charge in [-0.25, -0.2) is 4.98 Å². The Hall–Kier alpha value is -1.86. The number of nitriles is 1. The van der Waals surface area contributed by atoms with Gasteiger partial charge in [0.25, 0.3) is 0 Å². The molecule has 0 spiro atoms. The summed E-state index contributed by atoms with van der Waals surface area (Å²) in [5.74, 6) is 0.877. The number of ether oxygens (including phenoxy) is 1. The van der Waals surface area contributed by atoms with Gasteiger partial charge in [0.1, 0.15) is 10.8 Å². The summed E-state index contributed by atoms with van der Waals surface area (Å²) in [6, 6.07) is 8.11. The molecule has 0 saturated heterocycles. The standard InChI is InChI=1S/C13H12N2OS/c1-9-7-10(3-4-12(9)16-2)13-15-8-11(17-13)5-6-14/h3-4,7-8H,5H2,1-2H3. The van der Waals surface area contributed by atoms with Crippen LogP contribution >= 0.6 is 11.3 Å². The summed E-state index contributed by atoms with van der Waals surface area (Å²) >= 11 is 1.56. The van der Waals surface area contributed by atoms with Crippen LogP contribution in [0.2, 0.25) is 0 Å². The van der Waals surface area contributed by atoms with E-state index in [1.807, 2.05) is 25.1 Å². The molecular weight excluding hydrogens is 232 g/mol. The van der Waals surface area contributed by atoms with Crippen LogP contribution in [0, 0.1) is 18.3 Å². The molecule has 0 atom stereocenters. The van der Waals surface area contributed by atoms with Crippen molar-refractivity contribution < 1.29 is 4.74 Å². The summed E-state index contributed by atoms with van der Waals surface area (Å²) in [6.45, 7) is 2.01. The van der Waals surface area contributed by atoms with Crippen LogP contribution < -0.4 is 4.74 Å². The Morgan fingerprint density at radius 2 is 2.29 bits per heavy atom. The Labute approximate surface area is 104 Å². The lowest BCUT2D eigenvalue weighted by Gasteiger charge is -2.05. The minimum atomic E-state index is 0.423. The molecule has 0 radical (unpaired) electrons. The lowest BCUT2D eigenvalue weighted by molar-refractivity contribution is 0.412. The second kappa shape index (κ2) is 4.98. The molecule has 86 valence electrons. The van der Waals surface area contributed by atoms with E-state index in [2.05, 4.69) is 11.1 Å². The molecule has 17 heavy (non-hydrogen) atoms. The van der Waals surface area contributed by atoms with E-state index in [9.17, 15) is 0 Å². The van der Waals surface area contributed by atoms with Crippen molar-refractivity contribution in [3.63, 3.8) is 0 Å². The van der Waals surface area contributed by atoms with Gasteiger partial charge in [-0.15, -0.1) is 11.3 Å². The molecule has 0 unspecified atom stereocenters. The third-order valence-electron chi connectivity index (χ3n) is 2.45. The number of hydrogen-bond acceptors (Lipinski definition) is 4. The van der Waals surface area contributed by atoms with Crippen molar-refractivity contribution in [3.8, 4) is 22.4 Å². The molecule has 0 aliphatic heterocycles. The first-order chi connectivity index (χ1) is 8.24. The Morgan fingerprint density at radius 3 is 2.94 bits per heavy atom. The Morgan fingerprint density at radius 1 is 1.47 bits per heavy atom. The first-order valence-corrected chi connectivity index (χ1v) is 6.03. The number of aromatic nitrogens is 1. The topological polar surface area (TPSA) is 45.9 Å². The van der Waals surface area contributed by atoms with Crippen LogP contribution in [0.5, 0.6) is 5.75 Å². The van der Waals surface area contributed by atoms with Gasteiger partial charge < -0.3 is 4.74 Å². The maximum atomic E-state index is 8.62. The first-order valence-electron chi connectivity index (χ1n) is 5.21.